The molecule has 0 aliphatic heterocycles. The van der Waals surface area contributed by atoms with Crippen molar-refractivity contribution in [2.45, 2.75) is 51.6 Å². The van der Waals surface area contributed by atoms with Gasteiger partial charge in [0.2, 0.25) is 17.7 Å². The van der Waals surface area contributed by atoms with E-state index >= 15 is 0 Å². The molecule has 7 nitrogen and oxygen atoms in total. The Bertz CT molecular complexity index is 597. The second-order valence-electron chi connectivity index (χ2n) is 7.19. The molecule has 0 unspecified atom stereocenters. The van der Waals surface area contributed by atoms with Crippen LogP contribution in [0.1, 0.15) is 39.2 Å². The van der Waals surface area contributed by atoms with Crippen LogP contribution in [0, 0.1) is 0 Å². The summed E-state index contributed by atoms with van der Waals surface area (Å²) in [6.07, 6.45) is 0.689. The lowest BCUT2D eigenvalue weighted by Gasteiger charge is -2.23. The van der Waals surface area contributed by atoms with Crippen LogP contribution >= 0.6 is 0 Å². The van der Waals surface area contributed by atoms with Crippen LogP contribution in [0.25, 0.3) is 0 Å². The molecule has 26 heavy (non-hydrogen) atoms. The molecule has 7 heteroatoms. The number of hydrogen-bond donors (Lipinski definition) is 4. The third-order valence-electron chi connectivity index (χ3n) is 3.48. The quantitative estimate of drug-likeness (QED) is 0.512. The maximum atomic E-state index is 12.3. The van der Waals surface area contributed by atoms with Crippen molar-refractivity contribution in [3.8, 4) is 0 Å². The van der Waals surface area contributed by atoms with Crippen LogP contribution in [-0.2, 0) is 20.8 Å². The first-order chi connectivity index (χ1) is 12.2. The molecule has 0 radical (unpaired) electrons. The van der Waals surface area contributed by atoms with Gasteiger partial charge in [-0.15, -0.1) is 0 Å². The summed E-state index contributed by atoms with van der Waals surface area (Å²) < 4.78 is 0. The van der Waals surface area contributed by atoms with Gasteiger partial charge in [-0.1, -0.05) is 30.3 Å². The summed E-state index contributed by atoms with van der Waals surface area (Å²) in [4.78, 5) is 36.6. The number of carbonyl (C=O) groups is 3. The lowest BCUT2D eigenvalue weighted by atomic mass is 10.1. The van der Waals surface area contributed by atoms with Gasteiger partial charge in [0.25, 0.3) is 0 Å². The second kappa shape index (κ2) is 10.6. The third-order valence-corrected chi connectivity index (χ3v) is 3.48. The van der Waals surface area contributed by atoms with Crippen molar-refractivity contribution >= 4 is 17.7 Å². The van der Waals surface area contributed by atoms with Crippen LogP contribution in [0.2, 0.25) is 0 Å². The van der Waals surface area contributed by atoms with Crippen molar-refractivity contribution in [1.29, 1.82) is 0 Å². The average Bonchev–Trinajstić information content (AvgIpc) is 2.56. The number of benzene rings is 1. The molecule has 0 saturated carbocycles. The average molecular weight is 362 g/mol. The first-order valence-electron chi connectivity index (χ1n) is 8.83. The molecule has 1 aromatic rings. The van der Waals surface area contributed by atoms with Gasteiger partial charge in [0, 0.05) is 25.0 Å². The summed E-state index contributed by atoms with van der Waals surface area (Å²) in [7, 11) is 0. The highest BCUT2D eigenvalue weighted by molar-refractivity contribution is 5.92. The van der Waals surface area contributed by atoms with Crippen LogP contribution in [0.5, 0.6) is 0 Å². The molecule has 0 aromatic heterocycles. The number of nitrogens with two attached hydrogens (primary N) is 1. The van der Waals surface area contributed by atoms with E-state index in [2.05, 4.69) is 16.0 Å². The lowest BCUT2D eigenvalue weighted by molar-refractivity contribution is -0.132. The molecule has 5 N–H and O–H groups in total. The molecule has 0 aliphatic carbocycles. The first-order valence-corrected chi connectivity index (χ1v) is 8.83. The van der Waals surface area contributed by atoms with Gasteiger partial charge >= 0.3 is 0 Å². The van der Waals surface area contributed by atoms with E-state index in [1.165, 1.54) is 0 Å². The Morgan fingerprint density at radius 1 is 1.08 bits per heavy atom. The van der Waals surface area contributed by atoms with E-state index in [0.29, 0.717) is 6.42 Å². The molecule has 0 bridgehead atoms. The molecule has 1 aromatic carbocycles. The Morgan fingerprint density at radius 3 is 2.31 bits per heavy atom. The van der Waals surface area contributed by atoms with E-state index < -0.39 is 17.5 Å². The van der Waals surface area contributed by atoms with E-state index in [1.807, 2.05) is 51.1 Å². The van der Waals surface area contributed by atoms with Gasteiger partial charge in [-0.25, -0.2) is 0 Å². The molecule has 144 valence electrons. The van der Waals surface area contributed by atoms with Gasteiger partial charge in [-0.2, -0.15) is 0 Å². The standard InChI is InChI=1S/C19H30N4O3/c1-19(2,3)23-17(25)13-15(18(26)21-12-11-20)22-16(24)10-9-14-7-5-4-6-8-14/h4-8,15H,9-13,20H2,1-3H3,(H,21,26)(H,22,24)(H,23,25)/t15-/m0/s1. The summed E-state index contributed by atoms with van der Waals surface area (Å²) >= 11 is 0. The van der Waals surface area contributed by atoms with Crippen molar-refractivity contribution in [1.82, 2.24) is 16.0 Å². The summed E-state index contributed by atoms with van der Waals surface area (Å²) in [5.74, 6) is -0.980. The lowest BCUT2D eigenvalue weighted by Crippen LogP contribution is -2.51. The van der Waals surface area contributed by atoms with Gasteiger partial charge in [0.05, 0.1) is 6.42 Å². The van der Waals surface area contributed by atoms with Crippen LogP contribution < -0.4 is 21.7 Å². The molecule has 0 fully saturated rings. The van der Waals surface area contributed by atoms with Gasteiger partial charge in [-0.05, 0) is 32.8 Å². The fourth-order valence-electron chi connectivity index (χ4n) is 2.35. The fraction of sp³-hybridized carbons (Fsp3) is 0.526. The molecule has 1 atom stereocenters. The number of carbonyl (C=O) groups excluding carboxylic acids is 3. The van der Waals surface area contributed by atoms with Crippen LogP contribution in [0.4, 0.5) is 0 Å². The minimum absolute atomic E-state index is 0.120. The molecular weight excluding hydrogens is 332 g/mol. The zero-order valence-corrected chi connectivity index (χ0v) is 15.8. The molecule has 0 spiro atoms. The molecule has 1 rings (SSSR count). The van der Waals surface area contributed by atoms with Crippen LogP contribution in [-0.4, -0.2) is 42.4 Å². The maximum Gasteiger partial charge on any atom is 0.243 e. The summed E-state index contributed by atoms with van der Waals surface area (Å²) in [5.41, 5.74) is 6.02. The Balaban J connectivity index is 2.63. The Morgan fingerprint density at radius 2 is 1.73 bits per heavy atom. The largest absolute Gasteiger partial charge is 0.353 e. The number of hydrogen-bond acceptors (Lipinski definition) is 4. The monoisotopic (exact) mass is 362 g/mol. The third kappa shape index (κ3) is 9.17. The minimum Gasteiger partial charge on any atom is -0.353 e. The SMILES string of the molecule is CC(C)(C)NC(=O)C[C@H](NC(=O)CCc1ccccc1)C(=O)NCCN. The minimum atomic E-state index is -0.924. The number of aryl methyl sites for hydroxylation is 1. The summed E-state index contributed by atoms with van der Waals surface area (Å²) in [5, 5.41) is 8.08. The molecular formula is C19H30N4O3. The highest BCUT2D eigenvalue weighted by Crippen LogP contribution is 2.04. The van der Waals surface area contributed by atoms with Crippen molar-refractivity contribution in [2.24, 2.45) is 5.73 Å². The van der Waals surface area contributed by atoms with Crippen LogP contribution in [0.15, 0.2) is 30.3 Å². The van der Waals surface area contributed by atoms with E-state index in [1.54, 1.807) is 0 Å². The predicted molar refractivity (Wildman–Crippen MR) is 101 cm³/mol. The summed E-state index contributed by atoms with van der Waals surface area (Å²) in [6, 6.07) is 8.69. The van der Waals surface area contributed by atoms with Crippen LogP contribution in [0.3, 0.4) is 0 Å². The van der Waals surface area contributed by atoms with Crippen molar-refractivity contribution in [3.63, 3.8) is 0 Å². The Labute approximate surface area is 155 Å². The highest BCUT2D eigenvalue weighted by Gasteiger charge is 2.25. The Hall–Kier alpha value is -2.41. The molecule has 0 saturated heterocycles. The number of rotatable bonds is 9. The highest BCUT2D eigenvalue weighted by atomic mass is 16.2. The normalized spacial score (nSPS) is 12.2. The van der Waals surface area contributed by atoms with Crippen molar-refractivity contribution in [3.05, 3.63) is 35.9 Å². The van der Waals surface area contributed by atoms with E-state index in [9.17, 15) is 14.4 Å². The fourth-order valence-corrected chi connectivity index (χ4v) is 2.35. The zero-order chi connectivity index (χ0) is 19.6. The second-order valence-corrected chi connectivity index (χ2v) is 7.19. The van der Waals surface area contributed by atoms with Crippen molar-refractivity contribution < 1.29 is 14.4 Å². The first kappa shape index (κ1) is 21.6. The van der Waals surface area contributed by atoms with Gasteiger partial charge in [0.15, 0.2) is 0 Å². The summed E-state index contributed by atoms with van der Waals surface area (Å²) in [6.45, 7) is 6.14. The molecule has 3 amide bonds. The predicted octanol–water partition coefficient (Wildman–Crippen LogP) is 0.484. The zero-order valence-electron chi connectivity index (χ0n) is 15.8. The van der Waals surface area contributed by atoms with E-state index in [-0.39, 0.29) is 37.7 Å². The molecule has 0 heterocycles. The number of amides is 3. The van der Waals surface area contributed by atoms with Crippen molar-refractivity contribution in [2.75, 3.05) is 13.1 Å². The van der Waals surface area contributed by atoms with E-state index in [0.717, 1.165) is 5.56 Å². The van der Waals surface area contributed by atoms with E-state index in [4.69, 9.17) is 5.73 Å². The van der Waals surface area contributed by atoms with Gasteiger partial charge in [0.1, 0.15) is 6.04 Å². The maximum absolute atomic E-state index is 12.3. The van der Waals surface area contributed by atoms with Gasteiger partial charge < -0.3 is 21.7 Å². The topological polar surface area (TPSA) is 113 Å². The molecule has 0 aliphatic rings. The Kier molecular flexibility index (Phi) is 8.78. The number of nitrogens with one attached hydrogen (secondary N) is 3. The smallest absolute Gasteiger partial charge is 0.243 e. The van der Waals surface area contributed by atoms with Gasteiger partial charge in [-0.3, -0.25) is 14.4 Å².